The number of rotatable bonds is 4. The molecule has 0 aromatic rings. The lowest BCUT2D eigenvalue weighted by atomic mass is 10.4. The van der Waals surface area contributed by atoms with Crippen molar-refractivity contribution in [3.8, 4) is 0 Å². The van der Waals surface area contributed by atoms with Crippen LogP contribution in [0.2, 0.25) is 0 Å². The predicted octanol–water partition coefficient (Wildman–Crippen LogP) is 2.49. The van der Waals surface area contributed by atoms with Gasteiger partial charge in [0.2, 0.25) is 0 Å². The lowest BCUT2D eigenvalue weighted by Gasteiger charge is -1.93. The molecule has 0 aliphatic rings. The molecule has 0 fully saturated rings. The summed E-state index contributed by atoms with van der Waals surface area (Å²) in [6.45, 7) is 3.80. The molecule has 0 aliphatic heterocycles. The van der Waals surface area contributed by atoms with E-state index in [1.807, 2.05) is 6.08 Å². The summed E-state index contributed by atoms with van der Waals surface area (Å²) in [6, 6.07) is 0. The SMILES string of the molecule is C=C/C=C/CCOC(=O)Cl. The highest BCUT2D eigenvalue weighted by Gasteiger charge is 1.90. The molecule has 2 nitrogen and oxygen atoms in total. The van der Waals surface area contributed by atoms with Crippen molar-refractivity contribution in [1.82, 2.24) is 0 Å². The minimum Gasteiger partial charge on any atom is -0.453 e. The van der Waals surface area contributed by atoms with Gasteiger partial charge in [-0.25, -0.2) is 4.79 Å². The zero-order valence-corrected chi connectivity index (χ0v) is 6.30. The van der Waals surface area contributed by atoms with Crippen LogP contribution in [-0.4, -0.2) is 12.0 Å². The van der Waals surface area contributed by atoms with Crippen LogP contribution in [0.25, 0.3) is 0 Å². The molecule has 0 aromatic carbocycles. The van der Waals surface area contributed by atoms with Gasteiger partial charge in [0.15, 0.2) is 0 Å². The standard InChI is InChI=1S/C7H9ClO2/c1-2-3-4-5-6-10-7(8)9/h2-4H,1,5-6H2/b4-3+. The zero-order chi connectivity index (χ0) is 7.82. The maximum absolute atomic E-state index is 9.98. The van der Waals surface area contributed by atoms with Gasteiger partial charge in [0.05, 0.1) is 6.61 Å². The second-order valence-electron chi connectivity index (χ2n) is 1.54. The fourth-order valence-electron chi connectivity index (χ4n) is 0.400. The molecule has 0 atom stereocenters. The fourth-order valence-corrected chi connectivity index (χ4v) is 0.477. The maximum atomic E-state index is 9.98. The molecule has 0 bridgehead atoms. The molecule has 0 aliphatic carbocycles. The van der Waals surface area contributed by atoms with Crippen LogP contribution in [-0.2, 0) is 4.74 Å². The monoisotopic (exact) mass is 160 g/mol. The zero-order valence-electron chi connectivity index (χ0n) is 5.55. The van der Waals surface area contributed by atoms with Crippen molar-refractivity contribution in [2.24, 2.45) is 0 Å². The second kappa shape index (κ2) is 6.36. The summed E-state index contributed by atoms with van der Waals surface area (Å²) in [5, 5.41) is 0. The van der Waals surface area contributed by atoms with E-state index in [0.717, 1.165) is 0 Å². The molecule has 0 spiro atoms. The number of carbonyl (C=O) groups excluding carboxylic acids is 1. The average Bonchev–Trinajstić information content (AvgIpc) is 1.87. The second-order valence-corrected chi connectivity index (χ2v) is 1.85. The van der Waals surface area contributed by atoms with Crippen molar-refractivity contribution in [2.75, 3.05) is 6.61 Å². The van der Waals surface area contributed by atoms with Crippen LogP contribution in [0.15, 0.2) is 24.8 Å². The summed E-state index contributed by atoms with van der Waals surface area (Å²) in [7, 11) is 0. The first kappa shape index (κ1) is 9.24. The number of ether oxygens (including phenoxy) is 1. The van der Waals surface area contributed by atoms with Gasteiger partial charge in [-0.05, 0) is 6.42 Å². The van der Waals surface area contributed by atoms with E-state index in [2.05, 4.69) is 11.3 Å². The fraction of sp³-hybridized carbons (Fsp3) is 0.286. The topological polar surface area (TPSA) is 26.3 Å². The van der Waals surface area contributed by atoms with Crippen LogP contribution >= 0.6 is 11.6 Å². The Morgan fingerprint density at radius 3 is 2.90 bits per heavy atom. The minimum absolute atomic E-state index is 0.326. The van der Waals surface area contributed by atoms with Crippen LogP contribution in [0, 0.1) is 0 Å². The number of allylic oxidation sites excluding steroid dienone is 2. The first-order valence-electron chi connectivity index (χ1n) is 2.87. The summed E-state index contributed by atoms with van der Waals surface area (Å²) < 4.78 is 4.43. The highest BCUT2D eigenvalue weighted by molar-refractivity contribution is 6.61. The molecule has 0 heterocycles. The van der Waals surface area contributed by atoms with Crippen molar-refractivity contribution < 1.29 is 9.53 Å². The first-order chi connectivity index (χ1) is 4.77. The van der Waals surface area contributed by atoms with Gasteiger partial charge in [0, 0.05) is 11.6 Å². The first-order valence-corrected chi connectivity index (χ1v) is 3.25. The number of carbonyl (C=O) groups is 1. The Labute approximate surface area is 65.1 Å². The van der Waals surface area contributed by atoms with Gasteiger partial charge >= 0.3 is 5.43 Å². The van der Waals surface area contributed by atoms with E-state index in [0.29, 0.717) is 13.0 Å². The normalized spacial score (nSPS) is 9.70. The van der Waals surface area contributed by atoms with Gasteiger partial charge in [-0.3, -0.25) is 0 Å². The van der Waals surface area contributed by atoms with Gasteiger partial charge < -0.3 is 4.74 Å². The lowest BCUT2D eigenvalue weighted by Crippen LogP contribution is -1.93. The Morgan fingerprint density at radius 1 is 1.70 bits per heavy atom. The van der Waals surface area contributed by atoms with Gasteiger partial charge in [-0.15, -0.1) is 0 Å². The van der Waals surface area contributed by atoms with Crippen molar-refractivity contribution in [2.45, 2.75) is 6.42 Å². The molecule has 0 saturated carbocycles. The minimum atomic E-state index is -0.757. The molecule has 0 amide bonds. The highest BCUT2D eigenvalue weighted by atomic mass is 35.5. The smallest absolute Gasteiger partial charge is 0.403 e. The van der Waals surface area contributed by atoms with Crippen molar-refractivity contribution in [3.63, 3.8) is 0 Å². The number of hydrogen-bond acceptors (Lipinski definition) is 2. The Kier molecular flexibility index (Phi) is 5.88. The van der Waals surface area contributed by atoms with E-state index in [4.69, 9.17) is 11.6 Å². The largest absolute Gasteiger partial charge is 0.453 e. The van der Waals surface area contributed by atoms with E-state index >= 15 is 0 Å². The molecule has 0 radical (unpaired) electrons. The van der Waals surface area contributed by atoms with Gasteiger partial charge in [0.25, 0.3) is 0 Å². The molecule has 10 heavy (non-hydrogen) atoms. The van der Waals surface area contributed by atoms with E-state index in [9.17, 15) is 4.79 Å². The van der Waals surface area contributed by atoms with Gasteiger partial charge in [-0.1, -0.05) is 24.8 Å². The Hall–Kier alpha value is -0.760. The van der Waals surface area contributed by atoms with Crippen LogP contribution in [0.3, 0.4) is 0 Å². The van der Waals surface area contributed by atoms with E-state index in [-0.39, 0.29) is 0 Å². The van der Waals surface area contributed by atoms with Crippen LogP contribution < -0.4 is 0 Å². The maximum Gasteiger partial charge on any atom is 0.403 e. The Balaban J connectivity index is 3.12. The van der Waals surface area contributed by atoms with Gasteiger partial charge in [0.1, 0.15) is 0 Å². The molecule has 0 unspecified atom stereocenters. The van der Waals surface area contributed by atoms with E-state index in [1.54, 1.807) is 12.2 Å². The quantitative estimate of drug-likeness (QED) is 0.359. The highest BCUT2D eigenvalue weighted by Crippen LogP contribution is 1.90. The van der Waals surface area contributed by atoms with Crippen LogP contribution in [0.1, 0.15) is 6.42 Å². The Bertz CT molecular complexity index is 141. The van der Waals surface area contributed by atoms with Gasteiger partial charge in [-0.2, -0.15) is 0 Å². The third kappa shape index (κ3) is 7.24. The summed E-state index contributed by atoms with van der Waals surface area (Å²) in [6.07, 6.45) is 5.95. The molecule has 3 heteroatoms. The summed E-state index contributed by atoms with van der Waals surface area (Å²) >= 11 is 4.89. The van der Waals surface area contributed by atoms with Crippen molar-refractivity contribution in [1.29, 1.82) is 0 Å². The molecular weight excluding hydrogens is 152 g/mol. The van der Waals surface area contributed by atoms with Crippen molar-refractivity contribution >= 4 is 17.0 Å². The molecule has 0 aromatic heterocycles. The molecule has 0 saturated heterocycles. The summed E-state index contributed by atoms with van der Waals surface area (Å²) in [5.74, 6) is 0. The number of hydrogen-bond donors (Lipinski definition) is 0. The number of halogens is 1. The third-order valence-electron chi connectivity index (χ3n) is 0.772. The molecule has 0 N–H and O–H groups in total. The predicted molar refractivity (Wildman–Crippen MR) is 41.2 cm³/mol. The van der Waals surface area contributed by atoms with E-state index in [1.165, 1.54) is 0 Å². The summed E-state index contributed by atoms with van der Waals surface area (Å²) in [5.41, 5.74) is -0.757. The van der Waals surface area contributed by atoms with Crippen molar-refractivity contribution in [3.05, 3.63) is 24.8 Å². The summed E-state index contributed by atoms with van der Waals surface area (Å²) in [4.78, 5) is 9.98. The van der Waals surface area contributed by atoms with Crippen LogP contribution in [0.4, 0.5) is 4.79 Å². The Morgan fingerprint density at radius 2 is 2.40 bits per heavy atom. The molecular formula is C7H9ClO2. The average molecular weight is 161 g/mol. The third-order valence-corrected chi connectivity index (χ3v) is 0.881. The lowest BCUT2D eigenvalue weighted by molar-refractivity contribution is 0.175. The van der Waals surface area contributed by atoms with Crippen LogP contribution in [0.5, 0.6) is 0 Å². The molecule has 0 rings (SSSR count). The molecule has 56 valence electrons. The van der Waals surface area contributed by atoms with E-state index < -0.39 is 5.43 Å².